The molecule has 1 aromatic heterocycles. The second kappa shape index (κ2) is 5.19. The van der Waals surface area contributed by atoms with Crippen LogP contribution in [0.2, 0.25) is 10.0 Å². The van der Waals surface area contributed by atoms with Gasteiger partial charge in [-0.2, -0.15) is 15.4 Å². The van der Waals surface area contributed by atoms with E-state index in [1.165, 1.54) is 6.07 Å². The summed E-state index contributed by atoms with van der Waals surface area (Å²) in [7, 11) is 0. The zero-order chi connectivity index (χ0) is 14.1. The Bertz CT molecular complexity index is 772. The number of halogens is 2. The normalized spacial score (nSPS) is 10.9. The summed E-state index contributed by atoms with van der Waals surface area (Å²) < 4.78 is 0. The molecule has 3 N–H and O–H groups in total. The average molecular weight is 309 g/mol. The quantitative estimate of drug-likeness (QED) is 0.691. The number of hydrogen-bond acceptors (Lipinski definition) is 4. The molecule has 0 aliphatic rings. The number of phenols is 1. The van der Waals surface area contributed by atoms with Crippen LogP contribution in [-0.2, 0) is 6.54 Å². The SMILES string of the molecule is Oc1c(Cl)cc(Cl)cc1CNc1ccc2n[nH]nc2c1. The third kappa shape index (κ3) is 2.50. The summed E-state index contributed by atoms with van der Waals surface area (Å²) in [5, 5.41) is 24.3. The van der Waals surface area contributed by atoms with Crippen molar-refractivity contribution >= 4 is 39.9 Å². The molecule has 3 aromatic rings. The Hall–Kier alpha value is -1.98. The maximum absolute atomic E-state index is 9.88. The number of aromatic amines is 1. The third-order valence-electron chi connectivity index (χ3n) is 2.91. The van der Waals surface area contributed by atoms with E-state index in [1.807, 2.05) is 18.2 Å². The first kappa shape index (κ1) is 13.0. The van der Waals surface area contributed by atoms with Crippen LogP contribution in [0.1, 0.15) is 5.56 Å². The molecule has 0 spiro atoms. The fraction of sp³-hybridized carbons (Fsp3) is 0.0769. The van der Waals surface area contributed by atoms with Crippen molar-refractivity contribution in [1.82, 2.24) is 15.4 Å². The lowest BCUT2D eigenvalue weighted by atomic mass is 10.2. The van der Waals surface area contributed by atoms with Gasteiger partial charge in [0.15, 0.2) is 0 Å². The Kier molecular flexibility index (Phi) is 3.38. The van der Waals surface area contributed by atoms with Crippen molar-refractivity contribution in [3.63, 3.8) is 0 Å². The average Bonchev–Trinajstić information content (AvgIpc) is 2.88. The zero-order valence-corrected chi connectivity index (χ0v) is 11.7. The summed E-state index contributed by atoms with van der Waals surface area (Å²) in [6, 6.07) is 8.77. The van der Waals surface area contributed by atoms with Crippen LogP contribution in [0, 0.1) is 0 Å². The van der Waals surface area contributed by atoms with Crippen molar-refractivity contribution in [2.75, 3.05) is 5.32 Å². The van der Waals surface area contributed by atoms with Crippen LogP contribution >= 0.6 is 23.2 Å². The maximum Gasteiger partial charge on any atom is 0.139 e. The van der Waals surface area contributed by atoms with E-state index in [0.717, 1.165) is 16.7 Å². The highest BCUT2D eigenvalue weighted by atomic mass is 35.5. The predicted octanol–water partition coefficient (Wildman–Crippen LogP) is 3.58. The van der Waals surface area contributed by atoms with Crippen LogP contribution in [0.3, 0.4) is 0 Å². The van der Waals surface area contributed by atoms with E-state index < -0.39 is 0 Å². The molecule has 2 aromatic carbocycles. The predicted molar refractivity (Wildman–Crippen MR) is 79.3 cm³/mol. The fourth-order valence-electron chi connectivity index (χ4n) is 1.90. The van der Waals surface area contributed by atoms with E-state index in [4.69, 9.17) is 23.2 Å². The van der Waals surface area contributed by atoms with E-state index in [-0.39, 0.29) is 10.8 Å². The van der Waals surface area contributed by atoms with Crippen LogP contribution in [0.4, 0.5) is 5.69 Å². The third-order valence-corrected chi connectivity index (χ3v) is 3.41. The Balaban J connectivity index is 1.82. The van der Waals surface area contributed by atoms with E-state index in [2.05, 4.69) is 20.7 Å². The largest absolute Gasteiger partial charge is 0.506 e. The number of phenolic OH excluding ortho intramolecular Hbond substituents is 1. The molecule has 20 heavy (non-hydrogen) atoms. The number of hydrogen-bond donors (Lipinski definition) is 3. The van der Waals surface area contributed by atoms with Crippen LogP contribution in [0.15, 0.2) is 30.3 Å². The van der Waals surface area contributed by atoms with Gasteiger partial charge in [0.25, 0.3) is 0 Å². The molecule has 0 bridgehead atoms. The number of fused-ring (bicyclic) bond motifs is 1. The Labute approximate surface area is 124 Å². The number of anilines is 1. The zero-order valence-electron chi connectivity index (χ0n) is 10.2. The van der Waals surface area contributed by atoms with Crippen LogP contribution in [0.25, 0.3) is 11.0 Å². The monoisotopic (exact) mass is 308 g/mol. The standard InChI is InChI=1S/C13H10Cl2N4O/c14-8-3-7(13(20)10(15)4-8)6-16-9-1-2-11-12(5-9)18-19-17-11/h1-5,16,20H,6H2,(H,17,18,19). The first-order valence-electron chi connectivity index (χ1n) is 5.85. The van der Waals surface area contributed by atoms with Gasteiger partial charge < -0.3 is 10.4 Å². The molecule has 1 heterocycles. The highest BCUT2D eigenvalue weighted by Gasteiger charge is 2.08. The van der Waals surface area contributed by atoms with E-state index in [9.17, 15) is 5.11 Å². The number of nitrogens with zero attached hydrogens (tertiary/aromatic N) is 2. The Morgan fingerprint density at radius 3 is 2.75 bits per heavy atom. The summed E-state index contributed by atoms with van der Waals surface area (Å²) in [5.41, 5.74) is 3.05. The minimum atomic E-state index is 0.0334. The van der Waals surface area contributed by atoms with Crippen molar-refractivity contribution < 1.29 is 5.11 Å². The van der Waals surface area contributed by atoms with Crippen molar-refractivity contribution in [2.24, 2.45) is 0 Å². The Morgan fingerprint density at radius 1 is 1.10 bits per heavy atom. The van der Waals surface area contributed by atoms with E-state index >= 15 is 0 Å². The second-order valence-electron chi connectivity index (χ2n) is 4.28. The maximum atomic E-state index is 9.88. The van der Waals surface area contributed by atoms with Gasteiger partial charge in [0.05, 0.1) is 5.02 Å². The number of H-pyrrole nitrogens is 1. The van der Waals surface area contributed by atoms with Crippen molar-refractivity contribution in [1.29, 1.82) is 0 Å². The molecular formula is C13H10Cl2N4O. The Morgan fingerprint density at radius 2 is 1.90 bits per heavy atom. The number of aromatic nitrogens is 3. The molecular weight excluding hydrogens is 299 g/mol. The van der Waals surface area contributed by atoms with Crippen molar-refractivity contribution in [2.45, 2.75) is 6.54 Å². The molecule has 3 rings (SSSR count). The summed E-state index contributed by atoms with van der Waals surface area (Å²) in [6.45, 7) is 0.398. The van der Waals surface area contributed by atoms with Gasteiger partial charge in [0.1, 0.15) is 16.8 Å². The molecule has 0 unspecified atom stereocenters. The van der Waals surface area contributed by atoms with Crippen molar-refractivity contribution in [3.05, 3.63) is 45.9 Å². The number of aromatic hydroxyl groups is 1. The highest BCUT2D eigenvalue weighted by molar-refractivity contribution is 6.35. The molecule has 7 heteroatoms. The molecule has 0 aliphatic carbocycles. The molecule has 0 atom stereocenters. The first-order chi connectivity index (χ1) is 9.63. The lowest BCUT2D eigenvalue weighted by Gasteiger charge is -2.09. The van der Waals surface area contributed by atoms with Gasteiger partial charge in [0.2, 0.25) is 0 Å². The van der Waals surface area contributed by atoms with E-state index in [1.54, 1.807) is 6.07 Å². The van der Waals surface area contributed by atoms with E-state index in [0.29, 0.717) is 17.1 Å². The van der Waals surface area contributed by atoms with Gasteiger partial charge in [-0.05, 0) is 30.3 Å². The molecule has 0 amide bonds. The summed E-state index contributed by atoms with van der Waals surface area (Å²) >= 11 is 11.8. The number of rotatable bonds is 3. The van der Waals surface area contributed by atoms with Gasteiger partial charge in [-0.25, -0.2) is 0 Å². The lowest BCUT2D eigenvalue weighted by Crippen LogP contribution is -2.00. The van der Waals surface area contributed by atoms with Gasteiger partial charge in [-0.15, -0.1) is 0 Å². The second-order valence-corrected chi connectivity index (χ2v) is 5.12. The number of benzene rings is 2. The first-order valence-corrected chi connectivity index (χ1v) is 6.60. The minimum Gasteiger partial charge on any atom is -0.506 e. The minimum absolute atomic E-state index is 0.0334. The molecule has 5 nitrogen and oxygen atoms in total. The molecule has 0 aliphatic heterocycles. The highest BCUT2D eigenvalue weighted by Crippen LogP contribution is 2.31. The summed E-state index contributed by atoms with van der Waals surface area (Å²) in [4.78, 5) is 0. The molecule has 0 fully saturated rings. The topological polar surface area (TPSA) is 73.8 Å². The summed E-state index contributed by atoms with van der Waals surface area (Å²) in [6.07, 6.45) is 0. The van der Waals surface area contributed by atoms with Crippen LogP contribution < -0.4 is 5.32 Å². The van der Waals surface area contributed by atoms with Crippen molar-refractivity contribution in [3.8, 4) is 5.75 Å². The molecule has 102 valence electrons. The smallest absolute Gasteiger partial charge is 0.139 e. The fourth-order valence-corrected chi connectivity index (χ4v) is 2.44. The van der Waals surface area contributed by atoms with Gasteiger partial charge in [-0.3, -0.25) is 0 Å². The van der Waals surface area contributed by atoms with Crippen LogP contribution in [0.5, 0.6) is 5.75 Å². The van der Waals surface area contributed by atoms with Crippen LogP contribution in [-0.4, -0.2) is 20.5 Å². The van der Waals surface area contributed by atoms with Gasteiger partial charge in [-0.1, -0.05) is 23.2 Å². The van der Waals surface area contributed by atoms with Gasteiger partial charge in [0, 0.05) is 22.8 Å². The lowest BCUT2D eigenvalue weighted by molar-refractivity contribution is 0.469. The summed E-state index contributed by atoms with van der Waals surface area (Å²) in [5.74, 6) is 0.0334. The van der Waals surface area contributed by atoms with Gasteiger partial charge >= 0.3 is 0 Å². The molecule has 0 saturated carbocycles. The molecule has 0 radical (unpaired) electrons. The molecule has 0 saturated heterocycles. The number of nitrogens with one attached hydrogen (secondary N) is 2.